The van der Waals surface area contributed by atoms with Gasteiger partial charge in [0, 0.05) is 22.1 Å². The summed E-state index contributed by atoms with van der Waals surface area (Å²) in [5.74, 6) is 0. The number of nitrogens with zero attached hydrogens (tertiary/aromatic N) is 1. The third-order valence-electron chi connectivity index (χ3n) is 2.61. The minimum absolute atomic E-state index is 0.484. The van der Waals surface area contributed by atoms with E-state index in [1.165, 1.54) is 11.9 Å². The molecule has 19 heavy (non-hydrogen) atoms. The molecule has 0 radical (unpaired) electrons. The molecule has 3 nitrogen and oxygen atoms in total. The second-order valence-electron chi connectivity index (χ2n) is 3.92. The predicted octanol–water partition coefficient (Wildman–Crippen LogP) is 4.99. The fourth-order valence-electron chi connectivity index (χ4n) is 1.71. The monoisotopic (exact) mass is 309 g/mol. The zero-order valence-electron chi connectivity index (χ0n) is 9.65. The van der Waals surface area contributed by atoms with Crippen LogP contribution in [0.1, 0.15) is 0 Å². The van der Waals surface area contributed by atoms with Crippen molar-refractivity contribution < 1.29 is 0 Å². The quantitative estimate of drug-likeness (QED) is 0.529. The summed E-state index contributed by atoms with van der Waals surface area (Å²) in [5.41, 5.74) is 1.92. The van der Waals surface area contributed by atoms with Gasteiger partial charge in [-0.1, -0.05) is 29.3 Å². The Morgan fingerprint density at radius 3 is 2.84 bits per heavy atom. The highest BCUT2D eigenvalue weighted by Crippen LogP contribution is 2.30. The Bertz CT molecular complexity index is 709. The van der Waals surface area contributed by atoms with E-state index in [9.17, 15) is 0 Å². The number of pyridine rings is 1. The van der Waals surface area contributed by atoms with Gasteiger partial charge in [0.1, 0.15) is 5.15 Å². The van der Waals surface area contributed by atoms with Gasteiger partial charge in [0.25, 0.3) is 0 Å². The van der Waals surface area contributed by atoms with Crippen molar-refractivity contribution >= 4 is 51.7 Å². The third-order valence-corrected chi connectivity index (χ3v) is 3.97. The Morgan fingerprint density at radius 2 is 2.05 bits per heavy atom. The van der Waals surface area contributed by atoms with E-state index in [2.05, 4.69) is 14.7 Å². The number of benzene rings is 1. The molecule has 96 valence electrons. The zero-order chi connectivity index (χ0) is 13.2. The number of hydrogen-bond acceptors (Lipinski definition) is 3. The maximum Gasteiger partial charge on any atom is 0.129 e. The molecule has 3 rings (SSSR count). The van der Waals surface area contributed by atoms with Crippen LogP contribution in [0.25, 0.3) is 10.9 Å². The van der Waals surface area contributed by atoms with E-state index >= 15 is 0 Å². The molecule has 0 bridgehead atoms. The average Bonchev–Trinajstić information content (AvgIpc) is 2.80. The number of rotatable bonds is 3. The van der Waals surface area contributed by atoms with Gasteiger partial charge in [0.15, 0.2) is 0 Å². The predicted molar refractivity (Wildman–Crippen MR) is 82.0 cm³/mol. The second kappa shape index (κ2) is 5.33. The van der Waals surface area contributed by atoms with Crippen LogP contribution in [0, 0.1) is 0 Å². The van der Waals surface area contributed by atoms with E-state index in [0.717, 1.165) is 26.5 Å². The van der Waals surface area contributed by atoms with Crippen LogP contribution in [-0.2, 0) is 0 Å². The van der Waals surface area contributed by atoms with E-state index in [4.69, 9.17) is 23.2 Å². The number of H-pyrrole nitrogens is 1. The van der Waals surface area contributed by atoms with Crippen LogP contribution in [0.15, 0.2) is 47.6 Å². The van der Waals surface area contributed by atoms with E-state index in [1.54, 1.807) is 12.3 Å². The molecule has 0 fully saturated rings. The maximum absolute atomic E-state index is 5.95. The molecular weight excluding hydrogens is 301 g/mol. The van der Waals surface area contributed by atoms with Gasteiger partial charge in [0.2, 0.25) is 0 Å². The number of nitrogens with one attached hydrogen (secondary N) is 2. The molecule has 3 aromatic rings. The molecule has 2 N–H and O–H groups in total. The van der Waals surface area contributed by atoms with E-state index < -0.39 is 0 Å². The topological polar surface area (TPSA) is 40.7 Å². The van der Waals surface area contributed by atoms with E-state index in [-0.39, 0.29) is 0 Å². The summed E-state index contributed by atoms with van der Waals surface area (Å²) in [4.78, 5) is 8.31. The van der Waals surface area contributed by atoms with Crippen molar-refractivity contribution in [3.05, 3.63) is 52.9 Å². The molecule has 2 aromatic heterocycles. The van der Waals surface area contributed by atoms with Gasteiger partial charge >= 0.3 is 0 Å². The molecule has 0 aliphatic heterocycles. The number of fused-ring (bicyclic) bond motifs is 1. The lowest BCUT2D eigenvalue weighted by Gasteiger charge is -2.03. The molecule has 0 spiro atoms. The second-order valence-corrected chi connectivity index (χ2v) is 5.59. The number of hydrogen-bond donors (Lipinski definition) is 2. The van der Waals surface area contributed by atoms with Crippen molar-refractivity contribution in [1.82, 2.24) is 9.97 Å². The van der Waals surface area contributed by atoms with Crippen LogP contribution in [-0.4, -0.2) is 9.97 Å². The van der Waals surface area contributed by atoms with Gasteiger partial charge < -0.3 is 9.71 Å². The molecule has 2 heterocycles. The summed E-state index contributed by atoms with van der Waals surface area (Å²) in [6, 6.07) is 9.42. The fraction of sp³-hybridized carbons (Fsp3) is 0. The summed E-state index contributed by atoms with van der Waals surface area (Å²) < 4.78 is 3.22. The first kappa shape index (κ1) is 12.7. The molecule has 0 unspecified atom stereocenters. The summed E-state index contributed by atoms with van der Waals surface area (Å²) in [7, 11) is 0. The molecule has 0 aliphatic carbocycles. The van der Waals surface area contributed by atoms with Crippen molar-refractivity contribution in [2.24, 2.45) is 0 Å². The van der Waals surface area contributed by atoms with Crippen LogP contribution in [0.5, 0.6) is 0 Å². The minimum Gasteiger partial charge on any atom is -0.360 e. The van der Waals surface area contributed by atoms with Gasteiger partial charge in [-0.3, -0.25) is 0 Å². The Balaban J connectivity index is 1.80. The normalized spacial score (nSPS) is 10.8. The molecule has 0 atom stereocenters. The number of aromatic amines is 1. The third kappa shape index (κ3) is 2.81. The minimum atomic E-state index is 0.484. The molecule has 0 amide bonds. The fourth-order valence-corrected chi connectivity index (χ4v) is 2.74. The number of halogens is 2. The largest absolute Gasteiger partial charge is 0.360 e. The van der Waals surface area contributed by atoms with Crippen LogP contribution in [0.2, 0.25) is 10.2 Å². The number of anilines is 1. The molecule has 0 saturated heterocycles. The highest BCUT2D eigenvalue weighted by atomic mass is 35.5. The summed E-state index contributed by atoms with van der Waals surface area (Å²) in [6.07, 6.45) is 3.64. The Labute approximate surface area is 124 Å². The SMILES string of the molecule is Clc1ccc2c(SNc3ccc(Cl)nc3)c[nH]c2c1. The van der Waals surface area contributed by atoms with Crippen molar-refractivity contribution in [3.8, 4) is 0 Å². The van der Waals surface area contributed by atoms with Gasteiger partial charge in [-0.05, 0) is 36.2 Å². The average molecular weight is 310 g/mol. The van der Waals surface area contributed by atoms with E-state index in [0.29, 0.717) is 5.15 Å². The first-order valence-corrected chi connectivity index (χ1v) is 7.11. The van der Waals surface area contributed by atoms with E-state index in [1.807, 2.05) is 30.5 Å². The lowest BCUT2D eigenvalue weighted by Crippen LogP contribution is -1.86. The molecule has 6 heteroatoms. The Morgan fingerprint density at radius 1 is 1.16 bits per heavy atom. The highest BCUT2D eigenvalue weighted by Gasteiger charge is 2.05. The lowest BCUT2D eigenvalue weighted by atomic mass is 10.2. The van der Waals surface area contributed by atoms with Crippen molar-refractivity contribution in [1.29, 1.82) is 0 Å². The first-order valence-electron chi connectivity index (χ1n) is 5.53. The van der Waals surface area contributed by atoms with Gasteiger partial charge in [0.05, 0.1) is 16.8 Å². The first-order chi connectivity index (χ1) is 9.22. The standard InChI is InChI=1S/C13H9Cl2N3S/c14-8-1-3-10-11(5-8)16-7-12(10)19-18-9-2-4-13(15)17-6-9/h1-7,16,18H. The zero-order valence-corrected chi connectivity index (χ0v) is 12.0. The van der Waals surface area contributed by atoms with Crippen molar-refractivity contribution in [2.45, 2.75) is 4.90 Å². The summed E-state index contributed by atoms with van der Waals surface area (Å²) in [6.45, 7) is 0. The van der Waals surface area contributed by atoms with Crippen LogP contribution in [0.3, 0.4) is 0 Å². The lowest BCUT2D eigenvalue weighted by molar-refractivity contribution is 1.33. The Kier molecular flexibility index (Phi) is 3.55. The van der Waals surface area contributed by atoms with Crippen LogP contribution >= 0.6 is 35.1 Å². The van der Waals surface area contributed by atoms with Crippen molar-refractivity contribution in [2.75, 3.05) is 4.72 Å². The summed E-state index contributed by atoms with van der Waals surface area (Å²) >= 11 is 13.2. The van der Waals surface area contributed by atoms with Crippen molar-refractivity contribution in [3.63, 3.8) is 0 Å². The smallest absolute Gasteiger partial charge is 0.129 e. The molecule has 0 saturated carbocycles. The van der Waals surface area contributed by atoms with Crippen LogP contribution < -0.4 is 4.72 Å². The molecular formula is C13H9Cl2N3S. The summed E-state index contributed by atoms with van der Waals surface area (Å²) in [5, 5.41) is 2.34. The number of aromatic nitrogens is 2. The van der Waals surface area contributed by atoms with Gasteiger partial charge in [-0.25, -0.2) is 4.98 Å². The maximum atomic E-state index is 5.95. The molecule has 1 aromatic carbocycles. The molecule has 0 aliphatic rings. The van der Waals surface area contributed by atoms with Gasteiger partial charge in [-0.15, -0.1) is 0 Å². The Hall–Kier alpha value is -1.36. The van der Waals surface area contributed by atoms with Gasteiger partial charge in [-0.2, -0.15) is 0 Å². The highest BCUT2D eigenvalue weighted by molar-refractivity contribution is 8.00. The van der Waals surface area contributed by atoms with Crippen LogP contribution in [0.4, 0.5) is 5.69 Å².